The second-order valence-electron chi connectivity index (χ2n) is 5.59. The molecule has 0 saturated heterocycles. The van der Waals surface area contributed by atoms with E-state index in [2.05, 4.69) is 33.4 Å². The lowest BCUT2D eigenvalue weighted by molar-refractivity contribution is -0.156. The molecule has 0 amide bonds. The minimum absolute atomic E-state index is 0.0391. The number of carbonyl (C=O) groups excluding carboxylic acids is 1. The van der Waals surface area contributed by atoms with Crippen molar-refractivity contribution >= 4 is 18.6 Å². The Morgan fingerprint density at radius 1 is 1.47 bits per heavy atom. The maximum atomic E-state index is 11.7. The SMILES string of the molecule is CC1CCC(C(C)C)C(OC(=O)[C@H](N)CS)C1. The van der Waals surface area contributed by atoms with Gasteiger partial charge < -0.3 is 10.5 Å². The van der Waals surface area contributed by atoms with Crippen molar-refractivity contribution in [2.75, 3.05) is 5.75 Å². The van der Waals surface area contributed by atoms with Crippen molar-refractivity contribution in [2.24, 2.45) is 23.5 Å². The molecule has 1 saturated carbocycles. The standard InChI is InChI=1S/C13H25NO2S/c1-8(2)10-5-4-9(3)6-12(10)16-13(15)11(14)7-17/h8-12,17H,4-7,14H2,1-3H3/t9?,10?,11-,12?/m1/s1. The van der Waals surface area contributed by atoms with Gasteiger partial charge in [-0.05, 0) is 30.6 Å². The average molecular weight is 259 g/mol. The van der Waals surface area contributed by atoms with Gasteiger partial charge in [-0.2, -0.15) is 12.6 Å². The maximum Gasteiger partial charge on any atom is 0.324 e. The van der Waals surface area contributed by atoms with Crippen molar-refractivity contribution in [1.29, 1.82) is 0 Å². The molecule has 0 aromatic rings. The molecule has 4 atom stereocenters. The van der Waals surface area contributed by atoms with Crippen molar-refractivity contribution in [3.63, 3.8) is 0 Å². The fourth-order valence-corrected chi connectivity index (χ4v) is 2.71. The van der Waals surface area contributed by atoms with Crippen LogP contribution in [0, 0.1) is 17.8 Å². The maximum absolute atomic E-state index is 11.7. The fraction of sp³-hybridized carbons (Fsp3) is 0.923. The van der Waals surface area contributed by atoms with Crippen LogP contribution in [0.5, 0.6) is 0 Å². The van der Waals surface area contributed by atoms with Crippen LogP contribution < -0.4 is 5.73 Å². The Labute approximate surface area is 110 Å². The van der Waals surface area contributed by atoms with E-state index >= 15 is 0 Å². The van der Waals surface area contributed by atoms with E-state index < -0.39 is 6.04 Å². The normalized spacial score (nSPS) is 31.3. The number of carbonyl (C=O) groups is 1. The van der Waals surface area contributed by atoms with E-state index in [9.17, 15) is 4.79 Å². The van der Waals surface area contributed by atoms with Gasteiger partial charge in [-0.25, -0.2) is 0 Å². The summed E-state index contributed by atoms with van der Waals surface area (Å²) in [5.41, 5.74) is 5.64. The summed E-state index contributed by atoms with van der Waals surface area (Å²) in [6, 6.07) is -0.594. The summed E-state index contributed by atoms with van der Waals surface area (Å²) in [6.45, 7) is 6.61. The van der Waals surface area contributed by atoms with Crippen LogP contribution in [0.15, 0.2) is 0 Å². The molecule has 1 rings (SSSR count). The van der Waals surface area contributed by atoms with Crippen LogP contribution in [0.25, 0.3) is 0 Å². The van der Waals surface area contributed by atoms with Crippen LogP contribution in [-0.4, -0.2) is 23.9 Å². The van der Waals surface area contributed by atoms with E-state index in [0.29, 0.717) is 23.5 Å². The first kappa shape index (κ1) is 14.8. The van der Waals surface area contributed by atoms with Crippen molar-refractivity contribution in [1.82, 2.24) is 0 Å². The quantitative estimate of drug-likeness (QED) is 0.601. The van der Waals surface area contributed by atoms with E-state index in [1.807, 2.05) is 0 Å². The van der Waals surface area contributed by atoms with E-state index in [-0.39, 0.29) is 12.1 Å². The lowest BCUT2D eigenvalue weighted by Crippen LogP contribution is -2.41. The van der Waals surface area contributed by atoms with Crippen molar-refractivity contribution in [3.8, 4) is 0 Å². The Balaban J connectivity index is 2.60. The Morgan fingerprint density at radius 2 is 2.12 bits per heavy atom. The monoisotopic (exact) mass is 259 g/mol. The zero-order valence-corrected chi connectivity index (χ0v) is 12.0. The van der Waals surface area contributed by atoms with Gasteiger partial charge in [-0.3, -0.25) is 4.79 Å². The number of hydrogen-bond acceptors (Lipinski definition) is 4. The Kier molecular flexibility index (Phi) is 5.80. The molecule has 0 aromatic heterocycles. The van der Waals surface area contributed by atoms with Crippen LogP contribution in [0.2, 0.25) is 0 Å². The van der Waals surface area contributed by atoms with Gasteiger partial charge in [0.25, 0.3) is 0 Å². The zero-order chi connectivity index (χ0) is 13.0. The number of hydrogen-bond donors (Lipinski definition) is 2. The highest BCUT2D eigenvalue weighted by Gasteiger charge is 2.34. The minimum Gasteiger partial charge on any atom is -0.461 e. The highest BCUT2D eigenvalue weighted by molar-refractivity contribution is 7.80. The van der Waals surface area contributed by atoms with Gasteiger partial charge in [0.15, 0.2) is 0 Å². The van der Waals surface area contributed by atoms with E-state index in [1.54, 1.807) is 0 Å². The molecule has 1 aliphatic carbocycles. The first-order valence-corrected chi connectivity index (χ1v) is 7.15. The summed E-state index contributed by atoms with van der Waals surface area (Å²) in [5.74, 6) is 1.70. The van der Waals surface area contributed by atoms with Gasteiger partial charge >= 0.3 is 5.97 Å². The summed E-state index contributed by atoms with van der Waals surface area (Å²) in [7, 11) is 0. The van der Waals surface area contributed by atoms with Crippen LogP contribution in [0.3, 0.4) is 0 Å². The number of nitrogens with two attached hydrogens (primary N) is 1. The van der Waals surface area contributed by atoms with Crippen LogP contribution >= 0.6 is 12.6 Å². The third-order valence-corrected chi connectivity index (χ3v) is 4.12. The Morgan fingerprint density at radius 3 is 2.65 bits per heavy atom. The third kappa shape index (κ3) is 4.18. The van der Waals surface area contributed by atoms with Gasteiger partial charge in [-0.15, -0.1) is 0 Å². The predicted molar refractivity (Wildman–Crippen MR) is 73.1 cm³/mol. The molecular formula is C13H25NO2S. The third-order valence-electron chi connectivity index (χ3n) is 3.73. The molecule has 4 heteroatoms. The summed E-state index contributed by atoms with van der Waals surface area (Å²) >= 11 is 4.03. The molecular weight excluding hydrogens is 234 g/mol. The summed E-state index contributed by atoms with van der Waals surface area (Å²) in [5, 5.41) is 0. The summed E-state index contributed by atoms with van der Waals surface area (Å²) in [4.78, 5) is 11.7. The van der Waals surface area contributed by atoms with Crippen molar-refractivity contribution < 1.29 is 9.53 Å². The molecule has 1 fully saturated rings. The fourth-order valence-electron chi connectivity index (χ4n) is 2.56. The van der Waals surface area contributed by atoms with Crippen molar-refractivity contribution in [2.45, 2.75) is 52.2 Å². The Hall–Kier alpha value is -0.220. The highest BCUT2D eigenvalue weighted by Crippen LogP contribution is 2.35. The number of ether oxygens (including phenoxy) is 1. The van der Waals surface area contributed by atoms with Gasteiger partial charge in [-0.1, -0.05) is 27.2 Å². The molecule has 1 aliphatic rings. The van der Waals surface area contributed by atoms with Crippen molar-refractivity contribution in [3.05, 3.63) is 0 Å². The minimum atomic E-state index is -0.594. The van der Waals surface area contributed by atoms with E-state index in [1.165, 1.54) is 6.42 Å². The lowest BCUT2D eigenvalue weighted by atomic mass is 9.75. The lowest BCUT2D eigenvalue weighted by Gasteiger charge is -2.37. The average Bonchev–Trinajstić information content (AvgIpc) is 2.27. The second kappa shape index (κ2) is 6.64. The van der Waals surface area contributed by atoms with Gasteiger partial charge in [0.2, 0.25) is 0 Å². The summed E-state index contributed by atoms with van der Waals surface area (Å²) < 4.78 is 5.58. The molecule has 0 radical (unpaired) electrons. The number of rotatable bonds is 4. The molecule has 100 valence electrons. The largest absolute Gasteiger partial charge is 0.461 e. The highest BCUT2D eigenvalue weighted by atomic mass is 32.1. The molecule has 3 unspecified atom stereocenters. The molecule has 0 aromatic carbocycles. The molecule has 0 spiro atoms. The van der Waals surface area contributed by atoms with Gasteiger partial charge in [0.05, 0.1) is 0 Å². The molecule has 17 heavy (non-hydrogen) atoms. The topological polar surface area (TPSA) is 52.3 Å². The first-order valence-electron chi connectivity index (χ1n) is 6.52. The smallest absolute Gasteiger partial charge is 0.324 e. The van der Waals surface area contributed by atoms with Crippen LogP contribution in [0.4, 0.5) is 0 Å². The van der Waals surface area contributed by atoms with Gasteiger partial charge in [0.1, 0.15) is 12.1 Å². The van der Waals surface area contributed by atoms with Crippen LogP contribution in [0.1, 0.15) is 40.0 Å². The number of thiol groups is 1. The molecule has 0 aliphatic heterocycles. The van der Waals surface area contributed by atoms with Crippen LogP contribution in [-0.2, 0) is 9.53 Å². The zero-order valence-electron chi connectivity index (χ0n) is 11.1. The Bertz CT molecular complexity index is 258. The molecule has 3 nitrogen and oxygen atoms in total. The van der Waals surface area contributed by atoms with Gasteiger partial charge in [0, 0.05) is 5.75 Å². The second-order valence-corrected chi connectivity index (χ2v) is 5.96. The van der Waals surface area contributed by atoms with E-state index in [4.69, 9.17) is 10.5 Å². The summed E-state index contributed by atoms with van der Waals surface area (Å²) in [6.07, 6.45) is 3.38. The molecule has 0 bridgehead atoms. The van der Waals surface area contributed by atoms with E-state index in [0.717, 1.165) is 12.8 Å². The predicted octanol–water partition coefficient (Wildman–Crippen LogP) is 2.25. The molecule has 2 N–H and O–H groups in total. The molecule has 0 heterocycles. The first-order chi connectivity index (χ1) is 7.95. The number of esters is 1.